The molecular weight excluding hydrogens is 317 g/mol. The first-order chi connectivity index (χ1) is 9.25. The third-order valence-corrected chi connectivity index (χ3v) is 5.92. The molecule has 0 fully saturated rings. The summed E-state index contributed by atoms with van der Waals surface area (Å²) in [6.07, 6.45) is 0.932. The molecule has 0 aromatic heterocycles. The maximum Gasteiger partial charge on any atom is 0.243 e. The first kappa shape index (κ1) is 18.1. The van der Waals surface area contributed by atoms with Gasteiger partial charge in [0.1, 0.15) is 10.7 Å². The van der Waals surface area contributed by atoms with Crippen LogP contribution in [0.4, 0.5) is 4.39 Å². The van der Waals surface area contributed by atoms with Gasteiger partial charge in [0.05, 0.1) is 4.90 Å². The molecule has 1 aromatic carbocycles. The summed E-state index contributed by atoms with van der Waals surface area (Å²) in [5.74, 6) is -0.990. The Balaban J connectivity index is 3.33. The van der Waals surface area contributed by atoms with E-state index in [9.17, 15) is 21.2 Å². The van der Waals surface area contributed by atoms with Crippen LogP contribution in [-0.2, 0) is 19.9 Å². The lowest BCUT2D eigenvalue weighted by atomic mass is 9.89. The number of hydrogen-bond acceptors (Lipinski definition) is 4. The molecule has 21 heavy (non-hydrogen) atoms. The van der Waals surface area contributed by atoms with Crippen LogP contribution in [0, 0.1) is 11.2 Å². The van der Waals surface area contributed by atoms with Crippen molar-refractivity contribution in [2.24, 2.45) is 5.41 Å². The van der Waals surface area contributed by atoms with Gasteiger partial charge < -0.3 is 0 Å². The lowest BCUT2D eigenvalue weighted by Crippen LogP contribution is -2.41. The highest BCUT2D eigenvalue weighted by Crippen LogP contribution is 2.23. The zero-order chi connectivity index (χ0) is 16.6. The maximum atomic E-state index is 13.8. The van der Waals surface area contributed by atoms with E-state index in [4.69, 9.17) is 0 Å². The Hall–Kier alpha value is -0.990. The van der Waals surface area contributed by atoms with E-state index in [2.05, 4.69) is 4.72 Å². The van der Waals surface area contributed by atoms with Crippen LogP contribution in [0.1, 0.15) is 27.7 Å². The van der Waals surface area contributed by atoms with Gasteiger partial charge in [-0.3, -0.25) is 0 Å². The van der Waals surface area contributed by atoms with Crippen molar-refractivity contribution in [2.45, 2.75) is 43.5 Å². The molecule has 0 radical (unpaired) electrons. The fraction of sp³-hybridized carbons (Fsp3) is 0.538. The average Bonchev–Trinajstić information content (AvgIpc) is 2.25. The topological polar surface area (TPSA) is 80.3 Å². The molecule has 0 saturated heterocycles. The van der Waals surface area contributed by atoms with Crippen molar-refractivity contribution in [3.63, 3.8) is 0 Å². The third kappa shape index (κ3) is 4.49. The van der Waals surface area contributed by atoms with E-state index in [0.717, 1.165) is 24.5 Å². The summed E-state index contributed by atoms with van der Waals surface area (Å²) in [6.45, 7) is 7.17. The van der Waals surface area contributed by atoms with E-state index in [1.165, 1.54) is 0 Å². The monoisotopic (exact) mass is 337 g/mol. The maximum absolute atomic E-state index is 13.8. The second kappa shape index (κ2) is 5.66. The zero-order valence-corrected chi connectivity index (χ0v) is 14.3. The van der Waals surface area contributed by atoms with Crippen LogP contribution in [-0.4, -0.2) is 29.1 Å². The van der Waals surface area contributed by atoms with Crippen LogP contribution in [0.5, 0.6) is 0 Å². The van der Waals surface area contributed by atoms with Crippen molar-refractivity contribution >= 4 is 19.9 Å². The number of halogens is 1. The Morgan fingerprint density at radius 2 is 1.67 bits per heavy atom. The first-order valence-electron chi connectivity index (χ1n) is 6.27. The second-order valence-corrected chi connectivity index (χ2v) is 9.77. The molecule has 1 unspecified atom stereocenters. The number of benzene rings is 1. The second-order valence-electron chi connectivity index (χ2n) is 6.07. The molecule has 0 aliphatic heterocycles. The molecule has 5 nitrogen and oxygen atoms in total. The zero-order valence-electron chi connectivity index (χ0n) is 12.6. The highest BCUT2D eigenvalue weighted by molar-refractivity contribution is 7.91. The summed E-state index contributed by atoms with van der Waals surface area (Å²) in [5, 5.41) is 0. The van der Waals surface area contributed by atoms with Gasteiger partial charge in [0.2, 0.25) is 10.0 Å². The molecule has 0 aliphatic rings. The largest absolute Gasteiger partial charge is 0.243 e. The summed E-state index contributed by atoms with van der Waals surface area (Å²) in [7, 11) is -7.76. The fourth-order valence-corrected chi connectivity index (χ4v) is 3.67. The predicted octanol–water partition coefficient (Wildman–Crippen LogP) is 1.94. The van der Waals surface area contributed by atoms with E-state index in [1.807, 2.05) is 20.8 Å². The Morgan fingerprint density at radius 1 is 1.14 bits per heavy atom. The number of hydrogen-bond donors (Lipinski definition) is 1. The highest BCUT2D eigenvalue weighted by Gasteiger charge is 2.28. The molecule has 1 aromatic rings. The summed E-state index contributed by atoms with van der Waals surface area (Å²) in [4.78, 5) is -0.908. The first-order valence-corrected chi connectivity index (χ1v) is 9.64. The average molecular weight is 337 g/mol. The quantitative estimate of drug-likeness (QED) is 0.852. The molecule has 120 valence electrons. The SMILES string of the molecule is CC(NS(=O)(=O)c1cc(S(C)(=O)=O)ccc1F)C(C)(C)C. The molecule has 0 bridgehead atoms. The summed E-state index contributed by atoms with van der Waals surface area (Å²) < 4.78 is 63.6. The van der Waals surface area contributed by atoms with E-state index in [-0.39, 0.29) is 10.3 Å². The van der Waals surface area contributed by atoms with E-state index >= 15 is 0 Å². The molecule has 0 spiro atoms. The minimum absolute atomic E-state index is 0.243. The van der Waals surface area contributed by atoms with Gasteiger partial charge in [0.25, 0.3) is 0 Å². The minimum atomic E-state index is -4.15. The molecule has 1 N–H and O–H groups in total. The van der Waals surface area contributed by atoms with Crippen molar-refractivity contribution in [3.8, 4) is 0 Å². The molecule has 0 saturated carbocycles. The Bertz CT molecular complexity index is 734. The van der Waals surface area contributed by atoms with Gasteiger partial charge in [-0.15, -0.1) is 0 Å². The highest BCUT2D eigenvalue weighted by atomic mass is 32.2. The standard InChI is InChI=1S/C13H20FNO4S2/c1-9(13(2,3)4)15-21(18,19)12-8-10(20(5,16)17)6-7-11(12)14/h6-9,15H,1-5H3. The van der Waals surface area contributed by atoms with Gasteiger partial charge in [-0.05, 0) is 30.5 Å². The summed E-state index contributed by atoms with van der Waals surface area (Å²) in [6, 6.07) is 2.26. The molecular formula is C13H20FNO4S2. The van der Waals surface area contributed by atoms with Crippen LogP contribution < -0.4 is 4.72 Å². The molecule has 0 amide bonds. The lowest BCUT2D eigenvalue weighted by molar-refractivity contribution is 0.317. The van der Waals surface area contributed by atoms with Crippen molar-refractivity contribution in [3.05, 3.63) is 24.0 Å². The smallest absolute Gasteiger partial charge is 0.224 e. The fourth-order valence-electron chi connectivity index (χ4n) is 1.39. The van der Waals surface area contributed by atoms with E-state index < -0.39 is 36.6 Å². The third-order valence-electron chi connectivity index (χ3n) is 3.25. The molecule has 1 atom stereocenters. The van der Waals surface area contributed by atoms with Crippen LogP contribution in [0.25, 0.3) is 0 Å². The predicted molar refractivity (Wildman–Crippen MR) is 78.7 cm³/mol. The molecule has 1 rings (SSSR count). The van der Waals surface area contributed by atoms with E-state index in [1.54, 1.807) is 6.92 Å². The Morgan fingerprint density at radius 3 is 2.10 bits per heavy atom. The summed E-state index contributed by atoms with van der Waals surface area (Å²) >= 11 is 0. The number of sulfone groups is 1. The Kier molecular flexibility index (Phi) is 4.87. The number of rotatable bonds is 4. The molecule has 8 heteroatoms. The van der Waals surface area contributed by atoms with Crippen LogP contribution in [0.2, 0.25) is 0 Å². The minimum Gasteiger partial charge on any atom is -0.224 e. The molecule has 0 heterocycles. The number of sulfonamides is 1. The van der Waals surface area contributed by atoms with Gasteiger partial charge in [0.15, 0.2) is 9.84 Å². The van der Waals surface area contributed by atoms with Crippen LogP contribution in [0.3, 0.4) is 0 Å². The lowest BCUT2D eigenvalue weighted by Gasteiger charge is -2.27. The van der Waals surface area contributed by atoms with Crippen molar-refractivity contribution in [2.75, 3.05) is 6.26 Å². The van der Waals surface area contributed by atoms with Crippen LogP contribution in [0.15, 0.2) is 28.0 Å². The van der Waals surface area contributed by atoms with Crippen molar-refractivity contribution in [1.29, 1.82) is 0 Å². The normalized spacial score (nSPS) is 15.0. The number of nitrogens with one attached hydrogen (secondary N) is 1. The van der Waals surface area contributed by atoms with Gasteiger partial charge in [0, 0.05) is 12.3 Å². The van der Waals surface area contributed by atoms with Crippen molar-refractivity contribution in [1.82, 2.24) is 4.72 Å². The Labute approximate surface area is 125 Å². The van der Waals surface area contributed by atoms with Gasteiger partial charge in [-0.2, -0.15) is 0 Å². The summed E-state index contributed by atoms with van der Waals surface area (Å²) in [5.41, 5.74) is -0.363. The molecule has 0 aliphatic carbocycles. The van der Waals surface area contributed by atoms with Gasteiger partial charge in [-0.1, -0.05) is 20.8 Å². The van der Waals surface area contributed by atoms with E-state index in [0.29, 0.717) is 0 Å². The van der Waals surface area contributed by atoms with Crippen LogP contribution >= 0.6 is 0 Å². The van der Waals surface area contributed by atoms with Crippen molar-refractivity contribution < 1.29 is 21.2 Å². The van der Waals surface area contributed by atoms with Gasteiger partial charge in [-0.25, -0.2) is 25.9 Å². The van der Waals surface area contributed by atoms with Gasteiger partial charge >= 0.3 is 0 Å².